The van der Waals surface area contributed by atoms with Gasteiger partial charge in [-0.05, 0) is 36.1 Å². The van der Waals surface area contributed by atoms with Crippen molar-refractivity contribution in [2.75, 3.05) is 12.7 Å². The first-order valence-electron chi connectivity index (χ1n) is 8.84. The normalized spacial score (nSPS) is 12.8. The van der Waals surface area contributed by atoms with Crippen molar-refractivity contribution < 1.29 is 14.6 Å². The molecule has 0 amide bonds. The van der Waals surface area contributed by atoms with Gasteiger partial charge in [0, 0.05) is 6.04 Å². The Hall–Kier alpha value is -1.00. The highest BCUT2D eigenvalue weighted by Crippen LogP contribution is 2.52. The summed E-state index contributed by atoms with van der Waals surface area (Å²) in [5.41, 5.74) is 1.86. The van der Waals surface area contributed by atoms with Crippen LogP contribution in [0.2, 0.25) is 10.0 Å². The minimum Gasteiger partial charge on any atom is -0.307 e. The van der Waals surface area contributed by atoms with Crippen LogP contribution in [0.15, 0.2) is 48.5 Å². The Morgan fingerprint density at radius 2 is 1.78 bits per heavy atom. The maximum atomic E-state index is 12.2. The molecule has 2 aromatic carbocycles. The van der Waals surface area contributed by atoms with Crippen LogP contribution in [-0.2, 0) is 17.4 Å². The van der Waals surface area contributed by atoms with Crippen LogP contribution in [0, 0.1) is 0 Å². The van der Waals surface area contributed by atoms with Gasteiger partial charge in [0.25, 0.3) is 7.72 Å². The van der Waals surface area contributed by atoms with Gasteiger partial charge in [-0.15, -0.1) is 0 Å². The van der Waals surface area contributed by atoms with E-state index >= 15 is 0 Å². The lowest BCUT2D eigenvalue weighted by Gasteiger charge is -2.18. The molecule has 3 N–H and O–H groups in total. The van der Waals surface area contributed by atoms with Gasteiger partial charge in [-0.1, -0.05) is 66.5 Å². The third-order valence-electron chi connectivity index (χ3n) is 4.26. The third-order valence-corrected chi connectivity index (χ3v) is 6.72. The van der Waals surface area contributed by atoms with Gasteiger partial charge in [-0.3, -0.25) is 4.79 Å². The summed E-state index contributed by atoms with van der Waals surface area (Å²) in [6.45, 7) is 2.14. The van der Waals surface area contributed by atoms with Gasteiger partial charge in [0.05, 0.1) is 16.6 Å². The van der Waals surface area contributed by atoms with Gasteiger partial charge in [-0.2, -0.15) is 0 Å². The number of halogens is 2. The highest BCUT2D eigenvalue weighted by atomic mass is 35.5. The maximum Gasteiger partial charge on any atom is 0.279 e. The maximum absolute atomic E-state index is 12.2. The molecule has 0 aromatic heterocycles. The SMILES string of the molecule is CCC(Cc1ccc(Cl)c(Cl)c1)NCC(=O)C[P+](O)(O)Cc1ccccc1. The standard InChI is InChI=1S/C20H25Cl2NO3P/c1-2-17(10-16-8-9-19(21)20(22)11-16)23-12-18(24)14-27(25,26)13-15-6-4-3-5-7-15/h3-9,11,17,23,25-26H,2,10,12-14H2,1H3/q+1. The molecular formula is C20H25Cl2NO3P+. The molecule has 0 bridgehead atoms. The Labute approximate surface area is 171 Å². The minimum absolute atomic E-state index is 0.0884. The summed E-state index contributed by atoms with van der Waals surface area (Å²) >= 11 is 12.0. The first-order valence-corrected chi connectivity index (χ1v) is 11.7. The van der Waals surface area contributed by atoms with Gasteiger partial charge in [0.15, 0.2) is 11.9 Å². The molecule has 0 saturated carbocycles. The van der Waals surface area contributed by atoms with E-state index in [0.717, 1.165) is 17.5 Å². The average Bonchev–Trinajstić information content (AvgIpc) is 2.61. The lowest BCUT2D eigenvalue weighted by Crippen LogP contribution is -2.36. The monoisotopic (exact) mass is 428 g/mol. The van der Waals surface area contributed by atoms with Gasteiger partial charge < -0.3 is 5.32 Å². The molecule has 7 heteroatoms. The van der Waals surface area contributed by atoms with E-state index < -0.39 is 7.72 Å². The number of carbonyl (C=O) groups is 1. The molecule has 0 heterocycles. The van der Waals surface area contributed by atoms with E-state index in [-0.39, 0.29) is 30.7 Å². The molecule has 1 unspecified atom stereocenters. The van der Waals surface area contributed by atoms with Crippen LogP contribution in [0.5, 0.6) is 0 Å². The van der Waals surface area contributed by atoms with E-state index in [9.17, 15) is 14.6 Å². The van der Waals surface area contributed by atoms with Crippen LogP contribution in [0.3, 0.4) is 0 Å². The van der Waals surface area contributed by atoms with Gasteiger partial charge in [0.2, 0.25) is 0 Å². The number of hydrogen-bond acceptors (Lipinski definition) is 4. The Balaban J connectivity index is 1.84. The molecule has 27 heavy (non-hydrogen) atoms. The number of ketones is 1. The van der Waals surface area contributed by atoms with Crippen molar-refractivity contribution in [3.8, 4) is 0 Å². The van der Waals surface area contributed by atoms with E-state index in [1.54, 1.807) is 6.07 Å². The largest absolute Gasteiger partial charge is 0.307 e. The summed E-state index contributed by atoms with van der Waals surface area (Å²) in [4.78, 5) is 32.7. The number of Topliss-reactive ketones (excluding diaryl/α,β-unsaturated/α-hetero) is 1. The van der Waals surface area contributed by atoms with Gasteiger partial charge in [0.1, 0.15) is 6.16 Å². The zero-order valence-electron chi connectivity index (χ0n) is 15.2. The Morgan fingerprint density at radius 1 is 1.07 bits per heavy atom. The zero-order valence-corrected chi connectivity index (χ0v) is 17.6. The van der Waals surface area contributed by atoms with Crippen molar-refractivity contribution in [3.05, 3.63) is 69.7 Å². The van der Waals surface area contributed by atoms with Gasteiger partial charge >= 0.3 is 0 Å². The molecule has 0 spiro atoms. The summed E-state index contributed by atoms with van der Waals surface area (Å²) in [6.07, 6.45) is 1.46. The average molecular weight is 429 g/mol. The molecule has 2 aromatic rings. The quantitative estimate of drug-likeness (QED) is 0.487. The van der Waals surface area contributed by atoms with E-state index in [4.69, 9.17) is 23.2 Å². The molecular weight excluding hydrogens is 404 g/mol. The topological polar surface area (TPSA) is 69.6 Å². The van der Waals surface area contributed by atoms with E-state index in [1.807, 2.05) is 49.4 Å². The summed E-state index contributed by atoms with van der Waals surface area (Å²) in [6, 6.07) is 14.8. The molecule has 0 aliphatic rings. The number of benzene rings is 2. The Morgan fingerprint density at radius 3 is 2.41 bits per heavy atom. The zero-order chi connectivity index (χ0) is 19.9. The van der Waals surface area contributed by atoms with Crippen molar-refractivity contribution in [1.82, 2.24) is 5.32 Å². The second-order valence-corrected chi connectivity index (χ2v) is 9.86. The van der Waals surface area contributed by atoms with Crippen LogP contribution in [0.1, 0.15) is 24.5 Å². The van der Waals surface area contributed by atoms with E-state index in [0.29, 0.717) is 16.5 Å². The van der Waals surface area contributed by atoms with Crippen molar-refractivity contribution >= 4 is 36.7 Å². The Bertz CT molecular complexity index is 756. The van der Waals surface area contributed by atoms with Crippen molar-refractivity contribution in [2.24, 2.45) is 0 Å². The molecule has 2 rings (SSSR count). The summed E-state index contributed by atoms with van der Waals surface area (Å²) in [5.74, 6) is -0.197. The fraction of sp³-hybridized carbons (Fsp3) is 0.350. The second-order valence-electron chi connectivity index (χ2n) is 6.66. The first-order chi connectivity index (χ1) is 12.8. The van der Waals surface area contributed by atoms with Crippen LogP contribution >= 0.6 is 30.9 Å². The molecule has 1 atom stereocenters. The van der Waals surface area contributed by atoms with Gasteiger partial charge in [-0.25, -0.2) is 9.79 Å². The lowest BCUT2D eigenvalue weighted by molar-refractivity contribution is -0.116. The first kappa shape index (κ1) is 22.3. The minimum atomic E-state index is -3.29. The predicted octanol–water partition coefficient (Wildman–Crippen LogP) is 4.51. The highest BCUT2D eigenvalue weighted by molar-refractivity contribution is 7.64. The smallest absolute Gasteiger partial charge is 0.279 e. The summed E-state index contributed by atoms with van der Waals surface area (Å²) in [5, 5.41) is 4.23. The fourth-order valence-corrected chi connectivity index (χ4v) is 4.74. The van der Waals surface area contributed by atoms with Crippen molar-refractivity contribution in [2.45, 2.75) is 32.0 Å². The van der Waals surface area contributed by atoms with E-state index in [1.165, 1.54) is 0 Å². The second kappa shape index (κ2) is 10.5. The number of rotatable bonds is 10. The van der Waals surface area contributed by atoms with Crippen molar-refractivity contribution in [3.63, 3.8) is 0 Å². The summed E-state index contributed by atoms with van der Waals surface area (Å²) in [7, 11) is -3.29. The number of nitrogens with one attached hydrogen (secondary N) is 1. The van der Waals surface area contributed by atoms with Crippen LogP contribution in [-0.4, -0.2) is 34.3 Å². The highest BCUT2D eigenvalue weighted by Gasteiger charge is 2.36. The third kappa shape index (κ3) is 7.87. The molecule has 146 valence electrons. The molecule has 4 nitrogen and oxygen atoms in total. The van der Waals surface area contributed by atoms with Crippen LogP contribution < -0.4 is 5.32 Å². The predicted molar refractivity (Wildman–Crippen MR) is 114 cm³/mol. The molecule has 0 aliphatic heterocycles. The molecule has 0 aliphatic carbocycles. The van der Waals surface area contributed by atoms with Crippen LogP contribution in [0.25, 0.3) is 0 Å². The molecule has 0 saturated heterocycles. The molecule has 0 fully saturated rings. The number of hydrogen-bond donors (Lipinski definition) is 3. The lowest BCUT2D eigenvalue weighted by atomic mass is 10.0. The Kier molecular flexibility index (Phi) is 8.68. The fourth-order valence-electron chi connectivity index (χ4n) is 2.84. The van der Waals surface area contributed by atoms with Crippen LogP contribution in [0.4, 0.5) is 0 Å². The summed E-state index contributed by atoms with van der Waals surface area (Å²) < 4.78 is 0. The number of carbonyl (C=O) groups excluding carboxylic acids is 1. The molecule has 0 radical (unpaired) electrons. The van der Waals surface area contributed by atoms with E-state index in [2.05, 4.69) is 5.32 Å². The van der Waals surface area contributed by atoms with Crippen molar-refractivity contribution in [1.29, 1.82) is 0 Å².